The molecule has 0 amide bonds. The quantitative estimate of drug-likeness (QED) is 0.531. The molecule has 8 heteroatoms. The summed E-state index contributed by atoms with van der Waals surface area (Å²) in [6, 6.07) is 0. The van der Waals surface area contributed by atoms with Crippen LogP contribution in [0.1, 0.15) is 0 Å². The molecule has 0 aliphatic carbocycles. The van der Waals surface area contributed by atoms with Crippen LogP contribution in [0.4, 0.5) is 11.8 Å². The maximum atomic E-state index is 10.4. The molecule has 0 fully saturated rings. The van der Waals surface area contributed by atoms with Gasteiger partial charge in [-0.2, -0.15) is 9.97 Å². The zero-order chi connectivity index (χ0) is 10.8. The van der Waals surface area contributed by atoms with Gasteiger partial charge >= 0.3 is 5.97 Å². The van der Waals surface area contributed by atoms with Crippen molar-refractivity contribution in [2.24, 2.45) is 0 Å². The zero-order valence-corrected chi connectivity index (χ0v) is 7.56. The summed E-state index contributed by atoms with van der Waals surface area (Å²) in [5, 5.41) is 11.1. The molecular formula is C7H8N6O2. The Morgan fingerprint density at radius 2 is 2.40 bits per heavy atom. The predicted octanol–water partition coefficient (Wildman–Crippen LogP) is -0.568. The van der Waals surface area contributed by atoms with E-state index in [0.717, 1.165) is 0 Å². The van der Waals surface area contributed by atoms with Gasteiger partial charge in [0.05, 0.1) is 6.33 Å². The predicted molar refractivity (Wildman–Crippen MR) is 52.2 cm³/mol. The number of fused-ring (bicyclic) bond motifs is 1. The highest BCUT2D eigenvalue weighted by molar-refractivity contribution is 5.85. The van der Waals surface area contributed by atoms with Gasteiger partial charge in [0.15, 0.2) is 11.5 Å². The number of carbonyl (C=O) groups is 1. The zero-order valence-electron chi connectivity index (χ0n) is 7.56. The van der Waals surface area contributed by atoms with E-state index in [2.05, 4.69) is 25.3 Å². The summed E-state index contributed by atoms with van der Waals surface area (Å²) in [6.45, 7) is -0.245. The van der Waals surface area contributed by atoms with Crippen LogP contribution in [-0.2, 0) is 4.79 Å². The average molecular weight is 208 g/mol. The first-order chi connectivity index (χ1) is 7.16. The van der Waals surface area contributed by atoms with E-state index in [1.807, 2.05) is 0 Å². The van der Waals surface area contributed by atoms with Crippen LogP contribution in [0, 0.1) is 0 Å². The largest absolute Gasteiger partial charge is 0.480 e. The second kappa shape index (κ2) is 3.40. The van der Waals surface area contributed by atoms with Gasteiger partial charge in [-0.25, -0.2) is 4.98 Å². The van der Waals surface area contributed by atoms with Crippen LogP contribution in [0.15, 0.2) is 6.33 Å². The highest BCUT2D eigenvalue weighted by Crippen LogP contribution is 2.16. The monoisotopic (exact) mass is 208 g/mol. The lowest BCUT2D eigenvalue weighted by Gasteiger charge is -2.03. The van der Waals surface area contributed by atoms with Crippen molar-refractivity contribution in [2.75, 3.05) is 17.6 Å². The lowest BCUT2D eigenvalue weighted by molar-refractivity contribution is -0.134. The van der Waals surface area contributed by atoms with E-state index < -0.39 is 5.97 Å². The molecule has 2 aromatic rings. The molecule has 8 nitrogen and oxygen atoms in total. The molecule has 0 spiro atoms. The number of anilines is 2. The van der Waals surface area contributed by atoms with Crippen molar-refractivity contribution in [3.05, 3.63) is 6.33 Å². The first kappa shape index (κ1) is 9.19. The molecule has 2 heterocycles. The Morgan fingerprint density at radius 1 is 1.60 bits per heavy atom. The summed E-state index contributed by atoms with van der Waals surface area (Å²) in [5.41, 5.74) is 6.36. The molecule has 2 aromatic heterocycles. The summed E-state index contributed by atoms with van der Waals surface area (Å²) in [6.07, 6.45) is 1.44. The van der Waals surface area contributed by atoms with Gasteiger partial charge < -0.3 is 21.1 Å². The van der Waals surface area contributed by atoms with Crippen LogP contribution >= 0.6 is 0 Å². The molecule has 15 heavy (non-hydrogen) atoms. The number of nitrogens with two attached hydrogens (primary N) is 1. The SMILES string of the molecule is Nc1nc(NCC(=O)O)c2[nH]cnc2n1. The van der Waals surface area contributed by atoms with Crippen LogP contribution in [0.5, 0.6) is 0 Å². The molecule has 0 radical (unpaired) electrons. The minimum Gasteiger partial charge on any atom is -0.480 e. The summed E-state index contributed by atoms with van der Waals surface area (Å²) in [5.74, 6) is -0.611. The van der Waals surface area contributed by atoms with E-state index in [4.69, 9.17) is 10.8 Å². The molecule has 0 unspecified atom stereocenters. The Bertz CT molecular complexity index is 507. The third-order valence-electron chi connectivity index (χ3n) is 1.71. The van der Waals surface area contributed by atoms with Crippen molar-refractivity contribution in [2.45, 2.75) is 0 Å². The third-order valence-corrected chi connectivity index (χ3v) is 1.71. The number of carboxylic acids is 1. The van der Waals surface area contributed by atoms with Crippen molar-refractivity contribution < 1.29 is 9.90 Å². The fraction of sp³-hybridized carbons (Fsp3) is 0.143. The number of hydrogen-bond donors (Lipinski definition) is 4. The number of carboxylic acid groups (broad SMARTS) is 1. The normalized spacial score (nSPS) is 10.4. The van der Waals surface area contributed by atoms with Gasteiger partial charge in [0.25, 0.3) is 0 Å². The van der Waals surface area contributed by atoms with Gasteiger partial charge in [0.1, 0.15) is 12.1 Å². The van der Waals surface area contributed by atoms with Crippen molar-refractivity contribution in [1.29, 1.82) is 0 Å². The summed E-state index contributed by atoms with van der Waals surface area (Å²) in [4.78, 5) is 24.8. The Balaban J connectivity index is 2.39. The molecule has 0 saturated heterocycles. The summed E-state index contributed by atoms with van der Waals surface area (Å²) < 4.78 is 0. The first-order valence-corrected chi connectivity index (χ1v) is 4.09. The molecule has 5 N–H and O–H groups in total. The number of nitrogens with zero attached hydrogens (tertiary/aromatic N) is 3. The summed E-state index contributed by atoms with van der Waals surface area (Å²) >= 11 is 0. The van der Waals surface area contributed by atoms with E-state index in [9.17, 15) is 4.79 Å². The van der Waals surface area contributed by atoms with Gasteiger partial charge in [-0.15, -0.1) is 0 Å². The van der Waals surface area contributed by atoms with Crippen LogP contribution in [0.25, 0.3) is 11.2 Å². The molecule has 0 aromatic carbocycles. The highest BCUT2D eigenvalue weighted by Gasteiger charge is 2.08. The molecular weight excluding hydrogens is 200 g/mol. The van der Waals surface area contributed by atoms with Crippen molar-refractivity contribution in [3.63, 3.8) is 0 Å². The van der Waals surface area contributed by atoms with Gasteiger partial charge in [-0.05, 0) is 0 Å². The number of rotatable bonds is 3. The van der Waals surface area contributed by atoms with Crippen LogP contribution < -0.4 is 11.1 Å². The molecule has 0 aliphatic heterocycles. The smallest absolute Gasteiger partial charge is 0.322 e. The third kappa shape index (κ3) is 1.77. The Labute approximate surface area is 83.6 Å². The van der Waals surface area contributed by atoms with Gasteiger partial charge in [0, 0.05) is 0 Å². The summed E-state index contributed by atoms with van der Waals surface area (Å²) in [7, 11) is 0. The minimum atomic E-state index is -0.986. The number of nitrogen functional groups attached to an aromatic ring is 1. The Hall–Kier alpha value is -2.38. The lowest BCUT2D eigenvalue weighted by atomic mass is 10.4. The molecule has 78 valence electrons. The standard InChI is InChI=1S/C7H8N6O2/c8-7-12-5(9-1-3(14)15)4-6(13-7)11-2-10-4/h2H,1H2,(H,14,15)(H4,8,9,10,11,12,13). The number of aromatic nitrogens is 4. The number of aromatic amines is 1. The number of hydrogen-bond acceptors (Lipinski definition) is 6. The van der Waals surface area contributed by atoms with Gasteiger partial charge in [-0.1, -0.05) is 0 Å². The number of nitrogens with one attached hydrogen (secondary N) is 2. The first-order valence-electron chi connectivity index (χ1n) is 4.09. The van der Waals surface area contributed by atoms with Crippen LogP contribution in [0.2, 0.25) is 0 Å². The molecule has 0 aliphatic rings. The molecule has 2 rings (SSSR count). The lowest BCUT2D eigenvalue weighted by Crippen LogP contribution is -2.14. The number of aliphatic carboxylic acids is 1. The van der Waals surface area contributed by atoms with E-state index in [0.29, 0.717) is 17.0 Å². The second-order valence-electron chi connectivity index (χ2n) is 2.78. The average Bonchev–Trinajstić information content (AvgIpc) is 2.61. The van der Waals surface area contributed by atoms with Crippen LogP contribution in [0.3, 0.4) is 0 Å². The van der Waals surface area contributed by atoms with Crippen LogP contribution in [-0.4, -0.2) is 37.6 Å². The highest BCUT2D eigenvalue weighted by atomic mass is 16.4. The fourth-order valence-electron chi connectivity index (χ4n) is 1.14. The molecule has 0 saturated carbocycles. The topological polar surface area (TPSA) is 130 Å². The maximum Gasteiger partial charge on any atom is 0.322 e. The van der Waals surface area contributed by atoms with Gasteiger partial charge in [0.2, 0.25) is 5.95 Å². The number of imidazole rings is 1. The Kier molecular flexibility index (Phi) is 2.08. The van der Waals surface area contributed by atoms with E-state index in [-0.39, 0.29) is 12.5 Å². The van der Waals surface area contributed by atoms with E-state index >= 15 is 0 Å². The Morgan fingerprint density at radius 3 is 3.13 bits per heavy atom. The molecule has 0 atom stereocenters. The fourth-order valence-corrected chi connectivity index (χ4v) is 1.14. The van der Waals surface area contributed by atoms with E-state index in [1.165, 1.54) is 6.33 Å². The molecule has 0 bridgehead atoms. The van der Waals surface area contributed by atoms with Crippen molar-refractivity contribution >= 4 is 28.9 Å². The number of H-pyrrole nitrogens is 1. The maximum absolute atomic E-state index is 10.4. The van der Waals surface area contributed by atoms with Gasteiger partial charge in [-0.3, -0.25) is 4.79 Å². The van der Waals surface area contributed by atoms with Crippen molar-refractivity contribution in [1.82, 2.24) is 19.9 Å². The van der Waals surface area contributed by atoms with E-state index in [1.54, 1.807) is 0 Å². The van der Waals surface area contributed by atoms with Crippen molar-refractivity contribution in [3.8, 4) is 0 Å². The second-order valence-corrected chi connectivity index (χ2v) is 2.78. The minimum absolute atomic E-state index is 0.0440.